The molecule has 0 atom stereocenters. The quantitative estimate of drug-likeness (QED) is 0.474. The molecule has 0 aliphatic carbocycles. The molecule has 6 nitrogen and oxygen atoms in total. The number of pyridine rings is 1. The molecule has 1 amide bonds. The summed E-state index contributed by atoms with van der Waals surface area (Å²) in [6.45, 7) is -0.447. The fourth-order valence-corrected chi connectivity index (χ4v) is 3.08. The molecule has 144 valence electrons. The average molecular weight is 407 g/mol. The van der Waals surface area contributed by atoms with Crippen molar-refractivity contribution in [2.75, 3.05) is 11.9 Å². The number of hydrogen-bond donors (Lipinski definition) is 1. The second kappa shape index (κ2) is 8.16. The summed E-state index contributed by atoms with van der Waals surface area (Å²) >= 11 is 6.14. The molecule has 2 aromatic carbocycles. The van der Waals surface area contributed by atoms with Crippen LogP contribution < -0.4 is 5.32 Å². The van der Waals surface area contributed by atoms with Gasteiger partial charge in [0, 0.05) is 17.1 Å². The molecule has 0 aliphatic rings. The first kappa shape index (κ1) is 18.7. The predicted molar refractivity (Wildman–Crippen MR) is 110 cm³/mol. The van der Waals surface area contributed by atoms with Crippen LogP contribution in [0.4, 0.5) is 5.69 Å². The number of ether oxygens (including phenoxy) is 1. The lowest BCUT2D eigenvalue weighted by molar-refractivity contribution is -0.119. The second-order valence-corrected chi connectivity index (χ2v) is 6.55. The van der Waals surface area contributed by atoms with Crippen molar-refractivity contribution in [3.8, 4) is 11.3 Å². The predicted octanol–water partition coefficient (Wildman–Crippen LogP) is 4.94. The molecule has 7 heteroatoms. The highest BCUT2D eigenvalue weighted by Crippen LogP contribution is 2.29. The number of nitrogens with zero attached hydrogens (tertiary/aromatic N) is 1. The maximum Gasteiger partial charge on any atom is 0.374 e. The summed E-state index contributed by atoms with van der Waals surface area (Å²) in [4.78, 5) is 28.6. The lowest BCUT2D eigenvalue weighted by Gasteiger charge is -2.08. The van der Waals surface area contributed by atoms with Gasteiger partial charge in [-0.2, -0.15) is 0 Å². The molecule has 0 saturated heterocycles. The zero-order valence-corrected chi connectivity index (χ0v) is 15.8. The van der Waals surface area contributed by atoms with Crippen LogP contribution in [0.2, 0.25) is 5.02 Å². The molecule has 0 radical (unpaired) electrons. The van der Waals surface area contributed by atoms with Gasteiger partial charge >= 0.3 is 5.97 Å². The minimum Gasteiger partial charge on any atom is -0.450 e. The topological polar surface area (TPSA) is 81.4 Å². The van der Waals surface area contributed by atoms with E-state index in [9.17, 15) is 9.59 Å². The van der Waals surface area contributed by atoms with E-state index >= 15 is 0 Å². The number of fused-ring (bicyclic) bond motifs is 1. The molecule has 2 heterocycles. The van der Waals surface area contributed by atoms with Crippen molar-refractivity contribution in [3.63, 3.8) is 0 Å². The Morgan fingerprint density at radius 1 is 1.00 bits per heavy atom. The maximum absolute atomic E-state index is 12.2. The van der Waals surface area contributed by atoms with Gasteiger partial charge in [0.05, 0.1) is 16.2 Å². The monoisotopic (exact) mass is 406 g/mol. The number of aromatic nitrogens is 1. The first-order valence-electron chi connectivity index (χ1n) is 8.77. The highest BCUT2D eigenvalue weighted by molar-refractivity contribution is 6.33. The lowest BCUT2D eigenvalue weighted by Crippen LogP contribution is -2.20. The number of nitrogens with one attached hydrogen (secondary N) is 1. The van der Waals surface area contributed by atoms with Gasteiger partial charge in [0.25, 0.3) is 5.91 Å². The Bertz CT molecular complexity index is 1200. The Morgan fingerprint density at radius 2 is 1.86 bits per heavy atom. The largest absolute Gasteiger partial charge is 0.450 e. The van der Waals surface area contributed by atoms with Gasteiger partial charge in [-0.25, -0.2) is 4.79 Å². The minimum absolute atomic E-state index is 0.0120. The molecule has 1 N–H and O–H groups in total. The standard InChI is InChI=1S/C22H15ClN2O4/c23-16-7-2-1-5-14(16)19-10-11-20(29-19)22(27)28-13-21(26)25-18-9-3-8-17-15(18)6-4-12-24-17/h1-12H,13H2,(H,25,26). The number of rotatable bonds is 5. The van der Waals surface area contributed by atoms with E-state index in [1.807, 2.05) is 18.2 Å². The Labute approximate surface area is 171 Å². The number of benzene rings is 2. The zero-order chi connectivity index (χ0) is 20.2. The Kier molecular flexibility index (Phi) is 5.27. The summed E-state index contributed by atoms with van der Waals surface area (Å²) in [6, 6.07) is 19.3. The van der Waals surface area contributed by atoms with Gasteiger partial charge in [0.15, 0.2) is 6.61 Å². The van der Waals surface area contributed by atoms with Crippen LogP contribution >= 0.6 is 11.6 Å². The Morgan fingerprint density at radius 3 is 2.72 bits per heavy atom. The van der Waals surface area contributed by atoms with Crippen LogP contribution in [0.15, 0.2) is 77.3 Å². The van der Waals surface area contributed by atoms with Crippen molar-refractivity contribution in [1.29, 1.82) is 0 Å². The van der Waals surface area contributed by atoms with E-state index < -0.39 is 18.5 Å². The van der Waals surface area contributed by atoms with Crippen LogP contribution in [0, 0.1) is 0 Å². The number of carbonyl (C=O) groups is 2. The SMILES string of the molecule is O=C(COC(=O)c1ccc(-c2ccccc2Cl)o1)Nc1cccc2ncccc12. The summed E-state index contributed by atoms with van der Waals surface area (Å²) in [6.07, 6.45) is 1.68. The van der Waals surface area contributed by atoms with E-state index in [1.54, 1.807) is 48.7 Å². The number of amides is 1. The number of carbonyl (C=O) groups excluding carboxylic acids is 2. The zero-order valence-electron chi connectivity index (χ0n) is 15.1. The summed E-state index contributed by atoms with van der Waals surface area (Å²) < 4.78 is 10.6. The third kappa shape index (κ3) is 4.12. The van der Waals surface area contributed by atoms with Gasteiger partial charge in [-0.3, -0.25) is 9.78 Å². The smallest absolute Gasteiger partial charge is 0.374 e. The van der Waals surface area contributed by atoms with Gasteiger partial charge in [0.1, 0.15) is 5.76 Å². The van der Waals surface area contributed by atoms with Gasteiger partial charge < -0.3 is 14.5 Å². The van der Waals surface area contributed by atoms with Gasteiger partial charge in [0.2, 0.25) is 5.76 Å². The molecule has 4 aromatic rings. The molecule has 4 rings (SSSR count). The fourth-order valence-electron chi connectivity index (χ4n) is 2.85. The third-order valence-electron chi connectivity index (χ3n) is 4.20. The minimum atomic E-state index is -0.738. The molecule has 0 spiro atoms. The van der Waals surface area contributed by atoms with Crippen LogP contribution in [0.1, 0.15) is 10.6 Å². The fraction of sp³-hybridized carbons (Fsp3) is 0.0455. The second-order valence-electron chi connectivity index (χ2n) is 6.14. The van der Waals surface area contributed by atoms with E-state index in [1.165, 1.54) is 6.07 Å². The van der Waals surface area contributed by atoms with E-state index in [-0.39, 0.29) is 5.76 Å². The molecular weight excluding hydrogens is 392 g/mol. The van der Waals surface area contributed by atoms with Crippen LogP contribution in [0.3, 0.4) is 0 Å². The molecule has 2 aromatic heterocycles. The number of esters is 1. The Balaban J connectivity index is 1.40. The van der Waals surface area contributed by atoms with E-state index in [4.69, 9.17) is 20.8 Å². The summed E-state index contributed by atoms with van der Waals surface area (Å²) in [5, 5.41) is 4.03. The van der Waals surface area contributed by atoms with Crippen LogP contribution in [-0.4, -0.2) is 23.5 Å². The summed E-state index contributed by atoms with van der Waals surface area (Å²) in [7, 11) is 0. The lowest BCUT2D eigenvalue weighted by atomic mass is 10.2. The highest BCUT2D eigenvalue weighted by atomic mass is 35.5. The van der Waals surface area contributed by atoms with Crippen molar-refractivity contribution in [2.24, 2.45) is 0 Å². The van der Waals surface area contributed by atoms with E-state index in [0.29, 0.717) is 22.0 Å². The molecule has 0 bridgehead atoms. The molecule has 0 unspecified atom stereocenters. The number of furan rings is 1. The van der Waals surface area contributed by atoms with Crippen molar-refractivity contribution >= 4 is 40.1 Å². The van der Waals surface area contributed by atoms with Gasteiger partial charge in [-0.1, -0.05) is 29.8 Å². The van der Waals surface area contributed by atoms with Crippen LogP contribution in [-0.2, 0) is 9.53 Å². The number of anilines is 1. The molecule has 0 aliphatic heterocycles. The van der Waals surface area contributed by atoms with Crippen molar-refractivity contribution in [1.82, 2.24) is 4.98 Å². The number of halogens is 1. The van der Waals surface area contributed by atoms with Gasteiger partial charge in [-0.15, -0.1) is 0 Å². The van der Waals surface area contributed by atoms with Crippen molar-refractivity contribution < 1.29 is 18.7 Å². The first-order chi connectivity index (χ1) is 14.1. The summed E-state index contributed by atoms with van der Waals surface area (Å²) in [5.74, 6) is -0.775. The maximum atomic E-state index is 12.2. The highest BCUT2D eigenvalue weighted by Gasteiger charge is 2.17. The van der Waals surface area contributed by atoms with Crippen LogP contribution in [0.5, 0.6) is 0 Å². The molecule has 0 saturated carbocycles. The normalized spacial score (nSPS) is 10.7. The molecule has 0 fully saturated rings. The Hall–Kier alpha value is -3.64. The van der Waals surface area contributed by atoms with E-state index in [2.05, 4.69) is 10.3 Å². The summed E-state index contributed by atoms with van der Waals surface area (Å²) in [5.41, 5.74) is 2.01. The first-order valence-corrected chi connectivity index (χ1v) is 9.15. The van der Waals surface area contributed by atoms with Crippen molar-refractivity contribution in [2.45, 2.75) is 0 Å². The number of hydrogen-bond acceptors (Lipinski definition) is 5. The van der Waals surface area contributed by atoms with Gasteiger partial charge in [-0.05, 0) is 48.5 Å². The molecule has 29 heavy (non-hydrogen) atoms. The molecular formula is C22H15ClN2O4. The van der Waals surface area contributed by atoms with E-state index in [0.717, 1.165) is 10.9 Å². The van der Waals surface area contributed by atoms with Crippen LogP contribution in [0.25, 0.3) is 22.2 Å². The third-order valence-corrected chi connectivity index (χ3v) is 4.53. The average Bonchev–Trinajstić information content (AvgIpc) is 3.23. The van der Waals surface area contributed by atoms with Crippen molar-refractivity contribution in [3.05, 3.63) is 83.7 Å².